The fourth-order valence-corrected chi connectivity index (χ4v) is 4.38. The van der Waals surface area contributed by atoms with Crippen LogP contribution in [0.3, 0.4) is 0 Å². The normalized spacial score (nSPS) is 13.6. The Bertz CT molecular complexity index is 1010. The van der Waals surface area contributed by atoms with Gasteiger partial charge in [0.15, 0.2) is 0 Å². The molecule has 0 amide bonds. The standard InChI is InChI=1S/C14H13FO.C10H22N2.C10H14.C2H6/c1-11-7-13(15)9-14(8-11)16-10-12-5-3-2-4-6-12;1-9(11)7-8-12-10-5-3-2-4-6-10;1-8(2)10-6-4-5-9(3)7-10;1-2/h2-9H,10H2,1H3;9-10,12H,2-8,11H2,1H3;4-8H,1-3H3;1-2H3/t;9-;;/m.0../s1. The zero-order valence-corrected chi connectivity index (χ0v) is 26.2. The maximum Gasteiger partial charge on any atom is 0.127 e. The van der Waals surface area contributed by atoms with Crippen LogP contribution in [0.2, 0.25) is 0 Å². The lowest BCUT2D eigenvalue weighted by Crippen LogP contribution is -2.34. The van der Waals surface area contributed by atoms with E-state index in [1.54, 1.807) is 0 Å². The number of nitrogens with two attached hydrogens (primary N) is 1. The molecule has 4 heteroatoms. The van der Waals surface area contributed by atoms with Crippen molar-refractivity contribution in [3.63, 3.8) is 0 Å². The molecular weight excluding hydrogens is 495 g/mol. The molecule has 1 aliphatic rings. The molecule has 3 N–H and O–H groups in total. The molecule has 40 heavy (non-hydrogen) atoms. The van der Waals surface area contributed by atoms with Crippen molar-refractivity contribution in [2.75, 3.05) is 6.54 Å². The van der Waals surface area contributed by atoms with E-state index < -0.39 is 0 Å². The highest BCUT2D eigenvalue weighted by molar-refractivity contribution is 5.29. The molecule has 3 nitrogen and oxygen atoms in total. The number of hydrogen-bond donors (Lipinski definition) is 2. The van der Waals surface area contributed by atoms with Crippen LogP contribution in [0.25, 0.3) is 0 Å². The van der Waals surface area contributed by atoms with Crippen molar-refractivity contribution < 1.29 is 9.13 Å². The van der Waals surface area contributed by atoms with E-state index in [1.807, 2.05) is 57.2 Å². The summed E-state index contributed by atoms with van der Waals surface area (Å²) in [6, 6.07) is 24.3. The lowest BCUT2D eigenvalue weighted by molar-refractivity contribution is 0.304. The van der Waals surface area contributed by atoms with Crippen LogP contribution in [0, 0.1) is 19.7 Å². The van der Waals surface area contributed by atoms with Gasteiger partial charge in [-0.15, -0.1) is 0 Å². The van der Waals surface area contributed by atoms with Crippen molar-refractivity contribution in [2.45, 2.75) is 112 Å². The fourth-order valence-electron chi connectivity index (χ4n) is 4.38. The van der Waals surface area contributed by atoms with Crippen LogP contribution in [0.4, 0.5) is 4.39 Å². The molecular formula is C36H55FN2O. The van der Waals surface area contributed by atoms with Crippen molar-refractivity contribution >= 4 is 0 Å². The second-order valence-corrected chi connectivity index (χ2v) is 10.9. The minimum absolute atomic E-state index is 0.261. The maximum atomic E-state index is 13.1. The number of rotatable bonds is 8. The van der Waals surface area contributed by atoms with Crippen molar-refractivity contribution in [2.24, 2.45) is 5.73 Å². The first-order valence-electron chi connectivity index (χ1n) is 15.2. The summed E-state index contributed by atoms with van der Waals surface area (Å²) in [7, 11) is 0. The van der Waals surface area contributed by atoms with Gasteiger partial charge in [0.2, 0.25) is 0 Å². The molecule has 0 aromatic heterocycles. The summed E-state index contributed by atoms with van der Waals surface area (Å²) in [4.78, 5) is 0. The van der Waals surface area contributed by atoms with Gasteiger partial charge in [-0.25, -0.2) is 4.39 Å². The molecule has 0 radical (unpaired) electrons. The average molecular weight is 551 g/mol. The predicted octanol–water partition coefficient (Wildman–Crippen LogP) is 9.50. The Morgan fingerprint density at radius 2 is 1.52 bits per heavy atom. The molecule has 0 bridgehead atoms. The Morgan fingerprint density at radius 1 is 0.850 bits per heavy atom. The summed E-state index contributed by atoms with van der Waals surface area (Å²) in [5.41, 5.74) is 10.4. The molecule has 0 spiro atoms. The van der Waals surface area contributed by atoms with Crippen molar-refractivity contribution in [1.82, 2.24) is 5.32 Å². The first-order valence-corrected chi connectivity index (χ1v) is 15.2. The largest absolute Gasteiger partial charge is 0.489 e. The van der Waals surface area contributed by atoms with Crippen LogP contribution in [0.5, 0.6) is 5.75 Å². The minimum atomic E-state index is -0.261. The zero-order valence-electron chi connectivity index (χ0n) is 26.2. The van der Waals surface area contributed by atoms with E-state index in [2.05, 4.69) is 57.3 Å². The van der Waals surface area contributed by atoms with Crippen molar-refractivity contribution in [3.05, 3.63) is 101 Å². The summed E-state index contributed by atoms with van der Waals surface area (Å²) in [6.45, 7) is 16.0. The molecule has 1 fully saturated rings. The Hall–Kier alpha value is -2.69. The molecule has 1 aliphatic carbocycles. The number of benzene rings is 3. The smallest absolute Gasteiger partial charge is 0.127 e. The maximum absolute atomic E-state index is 13.1. The van der Waals surface area contributed by atoms with Crippen LogP contribution in [0.15, 0.2) is 72.8 Å². The Labute approximate surface area is 244 Å². The van der Waals surface area contributed by atoms with E-state index >= 15 is 0 Å². The van der Waals surface area contributed by atoms with Crippen LogP contribution in [0.1, 0.15) is 101 Å². The number of aryl methyl sites for hydroxylation is 2. The topological polar surface area (TPSA) is 47.3 Å². The first-order chi connectivity index (χ1) is 19.2. The monoisotopic (exact) mass is 550 g/mol. The summed E-state index contributed by atoms with van der Waals surface area (Å²) in [6.07, 6.45) is 8.12. The van der Waals surface area contributed by atoms with Gasteiger partial charge in [-0.2, -0.15) is 0 Å². The molecule has 0 saturated heterocycles. The molecule has 1 atom stereocenters. The molecule has 1 saturated carbocycles. The first kappa shape index (κ1) is 35.3. The third kappa shape index (κ3) is 16.4. The lowest BCUT2D eigenvalue weighted by atomic mass is 9.95. The number of nitrogens with one attached hydrogen (secondary N) is 1. The number of halogens is 1. The molecule has 4 rings (SSSR count). The van der Waals surface area contributed by atoms with Gasteiger partial charge in [0.05, 0.1) is 0 Å². The SMILES string of the molecule is CC.C[C@H](N)CCNC1CCCCC1.Cc1cc(F)cc(OCc2ccccc2)c1.Cc1cccc(C(C)C)c1. The van der Waals surface area contributed by atoms with Gasteiger partial charge in [0, 0.05) is 18.2 Å². The van der Waals surface area contributed by atoms with Gasteiger partial charge < -0.3 is 15.8 Å². The van der Waals surface area contributed by atoms with E-state index in [1.165, 1.54) is 55.4 Å². The second-order valence-electron chi connectivity index (χ2n) is 10.9. The average Bonchev–Trinajstić information content (AvgIpc) is 2.94. The van der Waals surface area contributed by atoms with Crippen LogP contribution >= 0.6 is 0 Å². The van der Waals surface area contributed by atoms with Gasteiger partial charge in [-0.3, -0.25) is 0 Å². The zero-order chi connectivity index (χ0) is 29.8. The van der Waals surface area contributed by atoms with E-state index in [4.69, 9.17) is 10.5 Å². The summed E-state index contributed by atoms with van der Waals surface area (Å²) < 4.78 is 18.6. The van der Waals surface area contributed by atoms with Gasteiger partial charge >= 0.3 is 0 Å². The van der Waals surface area contributed by atoms with Crippen molar-refractivity contribution in [3.8, 4) is 5.75 Å². The summed E-state index contributed by atoms with van der Waals surface area (Å²) in [5, 5.41) is 3.57. The Balaban J connectivity index is 0.000000299. The third-order valence-corrected chi connectivity index (χ3v) is 6.61. The summed E-state index contributed by atoms with van der Waals surface area (Å²) >= 11 is 0. The highest BCUT2D eigenvalue weighted by Gasteiger charge is 2.11. The van der Waals surface area contributed by atoms with E-state index in [-0.39, 0.29) is 5.82 Å². The van der Waals surface area contributed by atoms with Gasteiger partial charge in [-0.05, 0) is 81.3 Å². The van der Waals surface area contributed by atoms with Crippen LogP contribution in [-0.2, 0) is 6.61 Å². The van der Waals surface area contributed by atoms with Gasteiger partial charge in [-0.1, -0.05) is 107 Å². The molecule has 0 aliphatic heterocycles. The predicted molar refractivity (Wildman–Crippen MR) is 172 cm³/mol. The van der Waals surface area contributed by atoms with E-state index in [9.17, 15) is 4.39 Å². The molecule has 0 unspecified atom stereocenters. The van der Waals surface area contributed by atoms with Gasteiger partial charge in [0.25, 0.3) is 0 Å². The quantitative estimate of drug-likeness (QED) is 0.294. The van der Waals surface area contributed by atoms with Gasteiger partial charge in [0.1, 0.15) is 18.2 Å². The van der Waals surface area contributed by atoms with Crippen molar-refractivity contribution in [1.29, 1.82) is 0 Å². The third-order valence-electron chi connectivity index (χ3n) is 6.61. The Kier molecular flexibility index (Phi) is 18.6. The number of ether oxygens (including phenoxy) is 1. The highest BCUT2D eigenvalue weighted by Crippen LogP contribution is 2.18. The van der Waals surface area contributed by atoms with Crippen LogP contribution < -0.4 is 15.8 Å². The molecule has 222 valence electrons. The highest BCUT2D eigenvalue weighted by atomic mass is 19.1. The molecule has 3 aromatic carbocycles. The minimum Gasteiger partial charge on any atom is -0.489 e. The molecule has 0 heterocycles. The Morgan fingerprint density at radius 3 is 2.08 bits per heavy atom. The van der Waals surface area contributed by atoms with Crippen LogP contribution in [-0.4, -0.2) is 18.6 Å². The molecule has 3 aromatic rings. The van der Waals surface area contributed by atoms with E-state index in [0.29, 0.717) is 24.3 Å². The van der Waals surface area contributed by atoms with E-state index in [0.717, 1.165) is 30.1 Å². The second kappa shape index (κ2) is 21.1. The lowest BCUT2D eigenvalue weighted by Gasteiger charge is -2.23. The summed E-state index contributed by atoms with van der Waals surface area (Å²) in [5.74, 6) is 0.962. The fraction of sp³-hybridized carbons (Fsp3) is 0.500. The number of hydrogen-bond acceptors (Lipinski definition) is 3.